The van der Waals surface area contributed by atoms with Crippen LogP contribution in [0.4, 0.5) is 11.4 Å². The molecular weight excluding hydrogens is 851 g/mol. The molecule has 0 spiro atoms. The Hall–Kier alpha value is -9.67. The summed E-state index contributed by atoms with van der Waals surface area (Å²) >= 11 is 0. The van der Waals surface area contributed by atoms with E-state index >= 15 is 0 Å². The van der Waals surface area contributed by atoms with E-state index in [9.17, 15) is 56.3 Å². The number of hydrogen-bond donors (Lipinski definition) is 11. The fourth-order valence-electron chi connectivity index (χ4n) is 8.52. The van der Waals surface area contributed by atoms with Crippen LogP contribution in [0, 0.1) is 11.3 Å². The molecule has 0 saturated carbocycles. The predicted octanol–water partition coefficient (Wildman–Crippen LogP) is 11.0. The van der Waals surface area contributed by atoms with Crippen molar-refractivity contribution in [1.82, 2.24) is 5.32 Å². The molecule has 13 nitrogen and oxygen atoms in total. The third-order valence-corrected chi connectivity index (χ3v) is 11.8. The number of fused-ring (bicyclic) bond motifs is 2. The highest BCUT2D eigenvalue weighted by atomic mass is 16.4. The normalized spacial score (nSPS) is 11.6. The number of phenols is 10. The van der Waals surface area contributed by atoms with Crippen LogP contribution >= 0.6 is 0 Å². The summed E-state index contributed by atoms with van der Waals surface area (Å²) in [4.78, 5) is 2.09. The van der Waals surface area contributed by atoms with E-state index in [1.807, 2.05) is 97.1 Å². The molecule has 0 aromatic heterocycles. The Kier molecular flexibility index (Phi) is 10.7. The van der Waals surface area contributed by atoms with Gasteiger partial charge in [-0.15, -0.1) is 0 Å². The molecule has 9 aromatic carbocycles. The lowest BCUT2D eigenvalue weighted by Crippen LogP contribution is -2.34. The number of aromatic hydroxyl groups is 10. The third-order valence-electron chi connectivity index (χ3n) is 11.8. The maximum atomic E-state index is 11.4. The van der Waals surface area contributed by atoms with E-state index in [2.05, 4.69) is 22.9 Å². The number of rotatable bonds is 10. The molecule has 0 aliphatic heterocycles. The lowest BCUT2D eigenvalue weighted by Gasteiger charge is -2.36. The Morgan fingerprint density at radius 1 is 0.433 bits per heavy atom. The van der Waals surface area contributed by atoms with Crippen molar-refractivity contribution < 1.29 is 51.1 Å². The van der Waals surface area contributed by atoms with Crippen LogP contribution in [-0.4, -0.2) is 51.1 Å². The minimum atomic E-state index is -1.17. The lowest BCUT2D eigenvalue weighted by atomic mass is 9.83. The van der Waals surface area contributed by atoms with Crippen molar-refractivity contribution in [2.24, 2.45) is 0 Å². The molecule has 9 rings (SSSR count). The summed E-state index contributed by atoms with van der Waals surface area (Å²) in [5.74, 6) is -10.7. The van der Waals surface area contributed by atoms with E-state index in [4.69, 9.17) is 0 Å². The summed E-state index contributed by atoms with van der Waals surface area (Å²) in [6.45, 7) is 4.38. The largest absolute Gasteiger partial charge is 0.504 e. The second-order valence-electron chi connectivity index (χ2n) is 15.7. The van der Waals surface area contributed by atoms with Gasteiger partial charge < -0.3 is 61.3 Å². The van der Waals surface area contributed by atoms with Crippen LogP contribution in [0.25, 0.3) is 60.6 Å². The number of nitrogens with zero attached hydrogens (tertiary/aromatic N) is 2. The molecule has 1 unspecified atom stereocenters. The van der Waals surface area contributed by atoms with Gasteiger partial charge in [0, 0.05) is 28.2 Å². The molecule has 0 radical (unpaired) electrons. The van der Waals surface area contributed by atoms with Gasteiger partial charge in [-0.3, -0.25) is 0 Å². The summed E-state index contributed by atoms with van der Waals surface area (Å²) in [6.07, 6.45) is -0.575. The molecule has 0 amide bonds. The Labute approximate surface area is 382 Å². The van der Waals surface area contributed by atoms with Crippen LogP contribution in [0.2, 0.25) is 0 Å². The molecule has 1 atom stereocenters. The van der Waals surface area contributed by atoms with Crippen LogP contribution in [0.3, 0.4) is 0 Å². The van der Waals surface area contributed by atoms with Gasteiger partial charge in [0.05, 0.1) is 22.8 Å². The molecule has 0 aliphatic rings. The van der Waals surface area contributed by atoms with Gasteiger partial charge in [-0.05, 0) is 86.3 Å². The number of para-hydroxylation sites is 1. The van der Waals surface area contributed by atoms with Crippen molar-refractivity contribution >= 4 is 38.6 Å². The van der Waals surface area contributed by atoms with Crippen LogP contribution < -0.4 is 10.2 Å². The number of nitrogens with one attached hydrogen (secondary N) is 1. The minimum absolute atomic E-state index is 0.0317. The highest BCUT2D eigenvalue weighted by Gasteiger charge is 2.32. The van der Waals surface area contributed by atoms with Gasteiger partial charge in [0.1, 0.15) is 6.17 Å². The zero-order chi connectivity index (χ0) is 47.3. The standard InChI is InChI=1S/C54H39N3O10/c1-28(30-10-4-2-5-11-30)56-54(57(34-12-6-3-7-13-34)35-23-16-29(27-55)17-24-35)32-20-18-31(19-21-32)33-22-25-38-39(26-33)41(43-46(60)50(64)53(67)51(65)47(43)61)37-15-9-8-14-36(37)40(38)42-44(58)48(62)52(66)49(63)45(42)59/h2-26,54,56,58-67H,1H2. The molecule has 0 heterocycles. The molecule has 13 heteroatoms. The lowest BCUT2D eigenvalue weighted by molar-refractivity contribution is 0.330. The number of phenolic OH excluding ortho intramolecular Hbond substituents is 10. The molecule has 0 saturated heterocycles. The van der Waals surface area contributed by atoms with E-state index in [-0.39, 0.29) is 32.7 Å². The molecule has 0 bridgehead atoms. The molecule has 9 aromatic rings. The fraction of sp³-hybridized carbons (Fsp3) is 0.0185. The van der Waals surface area contributed by atoms with Crippen molar-refractivity contribution in [2.45, 2.75) is 6.17 Å². The van der Waals surface area contributed by atoms with Gasteiger partial charge in [-0.25, -0.2) is 0 Å². The summed E-state index contributed by atoms with van der Waals surface area (Å²) in [5, 5.41) is 123. The fourth-order valence-corrected chi connectivity index (χ4v) is 8.52. The highest BCUT2D eigenvalue weighted by Crippen LogP contribution is 2.61. The van der Waals surface area contributed by atoms with E-state index in [1.165, 1.54) is 0 Å². The zero-order valence-corrected chi connectivity index (χ0v) is 35.1. The maximum Gasteiger partial charge on any atom is 0.208 e. The Morgan fingerprint density at radius 2 is 0.851 bits per heavy atom. The van der Waals surface area contributed by atoms with Gasteiger partial charge in [0.2, 0.25) is 34.5 Å². The van der Waals surface area contributed by atoms with Gasteiger partial charge in [-0.1, -0.05) is 116 Å². The van der Waals surface area contributed by atoms with Crippen molar-refractivity contribution in [1.29, 1.82) is 5.26 Å². The van der Waals surface area contributed by atoms with Gasteiger partial charge in [0.25, 0.3) is 0 Å². The summed E-state index contributed by atoms with van der Waals surface area (Å²) in [6, 6.07) is 47.7. The average molecular weight is 890 g/mol. The summed E-state index contributed by atoms with van der Waals surface area (Å²) < 4.78 is 0. The van der Waals surface area contributed by atoms with Crippen LogP contribution in [-0.2, 0) is 0 Å². The van der Waals surface area contributed by atoms with E-state index in [0.717, 1.165) is 22.5 Å². The molecule has 330 valence electrons. The van der Waals surface area contributed by atoms with Crippen molar-refractivity contribution in [2.75, 3.05) is 4.90 Å². The van der Waals surface area contributed by atoms with Crippen molar-refractivity contribution in [3.05, 3.63) is 175 Å². The minimum Gasteiger partial charge on any atom is -0.504 e. The van der Waals surface area contributed by atoms with Gasteiger partial charge in [0.15, 0.2) is 23.0 Å². The van der Waals surface area contributed by atoms with E-state index in [1.54, 1.807) is 54.6 Å². The summed E-state index contributed by atoms with van der Waals surface area (Å²) in [5.41, 5.74) is 4.76. The van der Waals surface area contributed by atoms with Crippen molar-refractivity contribution in [3.8, 4) is 96.9 Å². The molecular formula is C54H39N3O10. The third kappa shape index (κ3) is 7.17. The predicted molar refractivity (Wildman–Crippen MR) is 256 cm³/mol. The Balaban J connectivity index is 1.28. The molecule has 67 heavy (non-hydrogen) atoms. The first-order valence-corrected chi connectivity index (χ1v) is 20.6. The monoisotopic (exact) mass is 889 g/mol. The number of benzene rings is 9. The van der Waals surface area contributed by atoms with Gasteiger partial charge >= 0.3 is 0 Å². The smallest absolute Gasteiger partial charge is 0.208 e. The molecule has 0 aliphatic carbocycles. The second kappa shape index (κ2) is 16.8. The van der Waals surface area contributed by atoms with Crippen LogP contribution in [0.1, 0.15) is 22.9 Å². The zero-order valence-electron chi connectivity index (χ0n) is 35.1. The van der Waals surface area contributed by atoms with Crippen LogP contribution in [0.15, 0.2) is 158 Å². The number of nitriles is 1. The highest BCUT2D eigenvalue weighted by molar-refractivity contribution is 6.24. The second-order valence-corrected chi connectivity index (χ2v) is 15.7. The first kappa shape index (κ1) is 42.6. The van der Waals surface area contributed by atoms with Crippen molar-refractivity contribution in [3.63, 3.8) is 0 Å². The topological polar surface area (TPSA) is 241 Å². The Morgan fingerprint density at radius 3 is 1.36 bits per heavy atom. The van der Waals surface area contributed by atoms with E-state index < -0.39 is 74.8 Å². The number of anilines is 2. The first-order valence-electron chi connectivity index (χ1n) is 20.6. The van der Waals surface area contributed by atoms with Gasteiger partial charge in [-0.2, -0.15) is 5.26 Å². The molecule has 11 N–H and O–H groups in total. The maximum absolute atomic E-state index is 11.4. The average Bonchev–Trinajstić information content (AvgIpc) is 3.37. The molecule has 0 fully saturated rings. The SMILES string of the molecule is C=C(NC(c1ccc(-c2ccc3c(-c4c(O)c(O)c(O)c(O)c4O)c4ccccc4c(-c4c(O)c(O)c(O)c(O)c4O)c3c2)cc1)N(c1ccccc1)c1ccc(C#N)cc1)c1ccccc1. The first-order chi connectivity index (χ1) is 32.3. The number of hydrogen-bond acceptors (Lipinski definition) is 13. The van der Waals surface area contributed by atoms with Crippen LogP contribution in [0.5, 0.6) is 57.5 Å². The quantitative estimate of drug-likeness (QED) is 0.0265. The summed E-state index contributed by atoms with van der Waals surface area (Å²) in [7, 11) is 0. The van der Waals surface area contributed by atoms with E-state index in [0.29, 0.717) is 22.4 Å². The Bertz CT molecular complexity index is 3410.